The van der Waals surface area contributed by atoms with Crippen molar-refractivity contribution in [3.05, 3.63) is 24.3 Å². The summed E-state index contributed by atoms with van der Waals surface area (Å²) in [6.07, 6.45) is 11.5. The topological polar surface area (TPSA) is 9.23 Å². The zero-order chi connectivity index (χ0) is 9.53. The van der Waals surface area contributed by atoms with Crippen molar-refractivity contribution in [2.75, 3.05) is 0 Å². The molecule has 0 N–H and O–H groups in total. The zero-order valence-corrected chi connectivity index (χ0v) is 8.71. The van der Waals surface area contributed by atoms with E-state index in [1.165, 1.54) is 12.8 Å². The Bertz CT molecular complexity index is 262. The Morgan fingerprint density at radius 3 is 2.62 bits per heavy atom. The molecule has 0 radical (unpaired) electrons. The molecule has 0 aromatic carbocycles. The van der Waals surface area contributed by atoms with Crippen LogP contribution in [0.4, 0.5) is 0 Å². The molecule has 1 spiro atoms. The highest BCUT2D eigenvalue weighted by Gasteiger charge is 2.46. The second-order valence-corrected chi connectivity index (χ2v) is 4.80. The predicted molar refractivity (Wildman–Crippen MR) is 54.6 cm³/mol. The van der Waals surface area contributed by atoms with Gasteiger partial charge in [0.15, 0.2) is 0 Å². The summed E-state index contributed by atoms with van der Waals surface area (Å²) in [7, 11) is 0. The molecule has 1 nitrogen and oxygen atoms in total. The maximum absolute atomic E-state index is 6.01. The smallest absolute Gasteiger partial charge is 0.110 e. The van der Waals surface area contributed by atoms with Gasteiger partial charge in [0, 0.05) is 5.41 Å². The summed E-state index contributed by atoms with van der Waals surface area (Å²) >= 11 is 0. The molecule has 72 valence electrons. The maximum Gasteiger partial charge on any atom is 0.110 e. The third-order valence-electron chi connectivity index (χ3n) is 3.35. The molecule has 0 saturated heterocycles. The highest BCUT2D eigenvalue weighted by Crippen LogP contribution is 2.46. The van der Waals surface area contributed by atoms with Gasteiger partial charge >= 0.3 is 0 Å². The molecule has 2 unspecified atom stereocenters. The van der Waals surface area contributed by atoms with Crippen LogP contribution in [0.3, 0.4) is 0 Å². The van der Waals surface area contributed by atoms with Gasteiger partial charge in [-0.3, -0.25) is 0 Å². The molecule has 0 amide bonds. The van der Waals surface area contributed by atoms with E-state index in [9.17, 15) is 0 Å². The summed E-state index contributed by atoms with van der Waals surface area (Å²) in [5.41, 5.74) is 0.119. The van der Waals surface area contributed by atoms with Crippen LogP contribution in [-0.2, 0) is 4.74 Å². The summed E-state index contributed by atoms with van der Waals surface area (Å²) in [6.45, 7) is 6.68. The normalized spacial score (nSPS) is 41.6. The number of allylic oxidation sites excluding steroid dienone is 1. The van der Waals surface area contributed by atoms with Crippen LogP contribution in [-0.4, -0.2) is 11.7 Å². The van der Waals surface area contributed by atoms with E-state index in [2.05, 4.69) is 45.1 Å². The molecule has 0 aromatic rings. The zero-order valence-electron chi connectivity index (χ0n) is 8.71. The number of hydrogen-bond acceptors (Lipinski definition) is 1. The van der Waals surface area contributed by atoms with Gasteiger partial charge in [-0.05, 0) is 25.8 Å². The number of rotatable bonds is 0. The van der Waals surface area contributed by atoms with Gasteiger partial charge < -0.3 is 4.74 Å². The summed E-state index contributed by atoms with van der Waals surface area (Å²) < 4.78 is 6.01. The lowest BCUT2D eigenvalue weighted by Crippen LogP contribution is -2.44. The molecular formula is C12H18O. The van der Waals surface area contributed by atoms with Crippen molar-refractivity contribution < 1.29 is 4.74 Å². The van der Waals surface area contributed by atoms with Crippen molar-refractivity contribution >= 4 is 0 Å². The molecule has 0 bridgehead atoms. The first-order chi connectivity index (χ1) is 6.06. The highest BCUT2D eigenvalue weighted by atomic mass is 16.5. The van der Waals surface area contributed by atoms with Gasteiger partial charge in [-0.25, -0.2) is 0 Å². The quantitative estimate of drug-likeness (QED) is 0.518. The van der Waals surface area contributed by atoms with Crippen LogP contribution in [0, 0.1) is 5.41 Å². The van der Waals surface area contributed by atoms with E-state index in [-0.39, 0.29) is 17.1 Å². The van der Waals surface area contributed by atoms with Crippen LogP contribution >= 0.6 is 0 Å². The van der Waals surface area contributed by atoms with Gasteiger partial charge in [-0.1, -0.05) is 32.1 Å². The lowest BCUT2D eigenvalue weighted by Gasteiger charge is -2.43. The van der Waals surface area contributed by atoms with E-state index in [0.29, 0.717) is 0 Å². The van der Waals surface area contributed by atoms with E-state index in [1.54, 1.807) is 0 Å². The summed E-state index contributed by atoms with van der Waals surface area (Å²) in [5.74, 6) is 0. The largest absolute Gasteiger partial charge is 0.359 e. The monoisotopic (exact) mass is 178 g/mol. The van der Waals surface area contributed by atoms with Crippen molar-refractivity contribution in [2.45, 2.75) is 45.3 Å². The van der Waals surface area contributed by atoms with Crippen LogP contribution < -0.4 is 0 Å². The Morgan fingerprint density at radius 1 is 1.31 bits per heavy atom. The molecular weight excluding hydrogens is 160 g/mol. The Hall–Kier alpha value is -0.560. The molecule has 13 heavy (non-hydrogen) atoms. The Morgan fingerprint density at radius 2 is 2.08 bits per heavy atom. The molecule has 1 aliphatic heterocycles. The van der Waals surface area contributed by atoms with E-state index < -0.39 is 0 Å². The first-order valence-corrected chi connectivity index (χ1v) is 5.11. The van der Waals surface area contributed by atoms with Gasteiger partial charge in [0.2, 0.25) is 0 Å². The van der Waals surface area contributed by atoms with Crippen molar-refractivity contribution in [2.24, 2.45) is 5.41 Å². The fraction of sp³-hybridized carbons (Fsp3) is 0.667. The molecule has 0 fully saturated rings. The second kappa shape index (κ2) is 2.71. The summed E-state index contributed by atoms with van der Waals surface area (Å²) in [6, 6.07) is 0. The van der Waals surface area contributed by atoms with Crippen molar-refractivity contribution in [3.63, 3.8) is 0 Å². The average molecular weight is 178 g/mol. The van der Waals surface area contributed by atoms with E-state index in [0.717, 1.165) is 0 Å². The first kappa shape index (κ1) is 9.01. The van der Waals surface area contributed by atoms with Crippen LogP contribution in [0.1, 0.15) is 33.6 Å². The van der Waals surface area contributed by atoms with Gasteiger partial charge in [-0.15, -0.1) is 0 Å². The molecule has 0 saturated carbocycles. The van der Waals surface area contributed by atoms with Crippen LogP contribution in [0.25, 0.3) is 0 Å². The molecule has 2 atom stereocenters. The molecule has 0 aromatic heterocycles. The van der Waals surface area contributed by atoms with E-state index >= 15 is 0 Å². The molecule has 1 heteroatoms. The average Bonchev–Trinajstić information content (AvgIpc) is 2.41. The molecule has 2 aliphatic rings. The Labute approximate surface area is 80.5 Å². The fourth-order valence-corrected chi connectivity index (χ4v) is 2.27. The molecule has 1 heterocycles. The minimum atomic E-state index is -0.120. The fourth-order valence-electron chi connectivity index (χ4n) is 2.27. The number of ether oxygens (including phenoxy) is 1. The van der Waals surface area contributed by atoms with Crippen molar-refractivity contribution in [3.8, 4) is 0 Å². The predicted octanol–water partition coefficient (Wildman–Crippen LogP) is 3.08. The lowest BCUT2D eigenvalue weighted by molar-refractivity contribution is -0.0651. The van der Waals surface area contributed by atoms with Gasteiger partial charge in [0.05, 0.1) is 6.10 Å². The minimum absolute atomic E-state index is 0.120. The SMILES string of the molecule is CC1C=CC2(C=CCCC2(C)C)O1. The minimum Gasteiger partial charge on any atom is -0.359 e. The van der Waals surface area contributed by atoms with Crippen molar-refractivity contribution in [1.29, 1.82) is 0 Å². The number of hydrogen-bond donors (Lipinski definition) is 0. The van der Waals surface area contributed by atoms with Crippen molar-refractivity contribution in [1.82, 2.24) is 0 Å². The first-order valence-electron chi connectivity index (χ1n) is 5.11. The van der Waals surface area contributed by atoms with E-state index in [4.69, 9.17) is 4.74 Å². The van der Waals surface area contributed by atoms with Gasteiger partial charge in [0.25, 0.3) is 0 Å². The van der Waals surface area contributed by atoms with E-state index in [1.807, 2.05) is 0 Å². The Kier molecular flexibility index (Phi) is 1.88. The highest BCUT2D eigenvalue weighted by molar-refractivity contribution is 5.27. The maximum atomic E-state index is 6.01. The summed E-state index contributed by atoms with van der Waals surface area (Å²) in [4.78, 5) is 0. The third kappa shape index (κ3) is 1.26. The third-order valence-corrected chi connectivity index (χ3v) is 3.35. The van der Waals surface area contributed by atoms with Gasteiger partial charge in [-0.2, -0.15) is 0 Å². The molecule has 2 rings (SSSR count). The lowest BCUT2D eigenvalue weighted by atomic mass is 9.69. The second-order valence-electron chi connectivity index (χ2n) is 4.80. The summed E-state index contributed by atoms with van der Waals surface area (Å²) in [5, 5.41) is 0. The van der Waals surface area contributed by atoms with Crippen LogP contribution in [0.2, 0.25) is 0 Å². The van der Waals surface area contributed by atoms with Crippen LogP contribution in [0.15, 0.2) is 24.3 Å². The van der Waals surface area contributed by atoms with Gasteiger partial charge in [0.1, 0.15) is 5.60 Å². The Balaban J connectivity index is 2.35. The standard InChI is InChI=1S/C12H18O/c1-10-6-9-12(13-10)8-5-4-7-11(12,2)3/h5-6,8-10H,4,7H2,1-3H3. The molecule has 1 aliphatic carbocycles. The van der Waals surface area contributed by atoms with Crippen LogP contribution in [0.5, 0.6) is 0 Å².